The molecule has 11 heavy (non-hydrogen) atoms. The second kappa shape index (κ2) is 5.03. The standard InChI is InChI=1S/C6H12N2OS.BrH/c1-5-6(2-3-9)10-4-8(5)7;/h9H,2-4,7H2,1H3;1H. The summed E-state index contributed by atoms with van der Waals surface area (Å²) in [4.78, 5) is 1.21. The number of halogens is 1. The van der Waals surface area contributed by atoms with Crippen molar-refractivity contribution in [1.82, 2.24) is 5.01 Å². The number of rotatable bonds is 2. The van der Waals surface area contributed by atoms with Crippen LogP contribution in [0.5, 0.6) is 0 Å². The van der Waals surface area contributed by atoms with E-state index in [9.17, 15) is 0 Å². The van der Waals surface area contributed by atoms with Crippen LogP contribution in [-0.4, -0.2) is 22.6 Å². The van der Waals surface area contributed by atoms with E-state index in [1.54, 1.807) is 16.8 Å². The molecule has 3 nitrogen and oxygen atoms in total. The van der Waals surface area contributed by atoms with Crippen molar-refractivity contribution in [2.75, 3.05) is 12.5 Å². The Labute approximate surface area is 81.4 Å². The minimum absolute atomic E-state index is 0. The van der Waals surface area contributed by atoms with E-state index in [1.807, 2.05) is 6.92 Å². The summed E-state index contributed by atoms with van der Waals surface area (Å²) in [6.07, 6.45) is 0.740. The van der Waals surface area contributed by atoms with Gasteiger partial charge in [0.2, 0.25) is 0 Å². The minimum Gasteiger partial charge on any atom is -0.396 e. The maximum Gasteiger partial charge on any atom is 0.0836 e. The predicted molar refractivity (Wildman–Crippen MR) is 53.2 cm³/mol. The summed E-state index contributed by atoms with van der Waals surface area (Å²) < 4.78 is 0. The summed E-state index contributed by atoms with van der Waals surface area (Å²) in [5.74, 6) is 6.39. The maximum absolute atomic E-state index is 8.62. The van der Waals surface area contributed by atoms with Gasteiger partial charge in [0.1, 0.15) is 0 Å². The van der Waals surface area contributed by atoms with Gasteiger partial charge in [-0.15, -0.1) is 28.7 Å². The molecular weight excluding hydrogens is 228 g/mol. The third-order valence-corrected chi connectivity index (χ3v) is 2.81. The summed E-state index contributed by atoms with van der Waals surface area (Å²) in [5.41, 5.74) is 1.10. The third kappa shape index (κ3) is 2.66. The molecule has 1 aliphatic rings. The zero-order valence-corrected chi connectivity index (χ0v) is 8.94. The molecule has 3 N–H and O–H groups in total. The lowest BCUT2D eigenvalue weighted by atomic mass is 10.3. The van der Waals surface area contributed by atoms with Crippen LogP contribution < -0.4 is 5.84 Å². The first-order valence-corrected chi connectivity index (χ1v) is 4.20. The zero-order chi connectivity index (χ0) is 7.56. The molecule has 1 aliphatic heterocycles. The van der Waals surface area contributed by atoms with Gasteiger partial charge in [0.15, 0.2) is 0 Å². The Kier molecular flexibility index (Phi) is 5.16. The number of hydrogen-bond acceptors (Lipinski definition) is 4. The van der Waals surface area contributed by atoms with Crippen LogP contribution in [0.15, 0.2) is 10.6 Å². The van der Waals surface area contributed by atoms with E-state index >= 15 is 0 Å². The molecule has 0 amide bonds. The van der Waals surface area contributed by atoms with Crippen LogP contribution in [0.25, 0.3) is 0 Å². The molecule has 0 radical (unpaired) electrons. The predicted octanol–water partition coefficient (Wildman–Crippen LogP) is 1.06. The lowest BCUT2D eigenvalue weighted by Gasteiger charge is -2.09. The molecule has 0 fully saturated rings. The fourth-order valence-corrected chi connectivity index (χ4v) is 1.91. The molecule has 1 heterocycles. The Bertz CT molecular complexity index is 163. The van der Waals surface area contributed by atoms with Crippen LogP contribution in [0.1, 0.15) is 13.3 Å². The highest BCUT2D eigenvalue weighted by atomic mass is 79.9. The fraction of sp³-hybridized carbons (Fsp3) is 0.667. The van der Waals surface area contributed by atoms with Crippen LogP contribution in [-0.2, 0) is 0 Å². The molecule has 0 bridgehead atoms. The van der Waals surface area contributed by atoms with Crippen molar-refractivity contribution in [2.45, 2.75) is 13.3 Å². The number of allylic oxidation sites excluding steroid dienone is 1. The Morgan fingerprint density at radius 1 is 1.73 bits per heavy atom. The second-order valence-corrected chi connectivity index (χ2v) is 3.27. The highest BCUT2D eigenvalue weighted by Gasteiger charge is 2.15. The number of nitrogens with zero attached hydrogens (tertiary/aromatic N) is 1. The third-order valence-electron chi connectivity index (χ3n) is 1.55. The van der Waals surface area contributed by atoms with E-state index in [0.717, 1.165) is 18.0 Å². The molecule has 0 saturated heterocycles. The van der Waals surface area contributed by atoms with Gasteiger partial charge in [0, 0.05) is 23.6 Å². The van der Waals surface area contributed by atoms with E-state index in [0.29, 0.717) is 0 Å². The summed E-state index contributed by atoms with van der Waals surface area (Å²) in [6, 6.07) is 0. The van der Waals surface area contributed by atoms with Gasteiger partial charge in [0.25, 0.3) is 0 Å². The average Bonchev–Trinajstić information content (AvgIpc) is 2.20. The van der Waals surface area contributed by atoms with Crippen molar-refractivity contribution >= 4 is 28.7 Å². The highest BCUT2D eigenvalue weighted by molar-refractivity contribution is 8.93. The van der Waals surface area contributed by atoms with Crippen molar-refractivity contribution in [1.29, 1.82) is 0 Å². The molecule has 0 aromatic heterocycles. The fourth-order valence-electron chi connectivity index (χ4n) is 0.864. The lowest BCUT2D eigenvalue weighted by Crippen LogP contribution is -2.25. The Balaban J connectivity index is 0.000001000. The van der Waals surface area contributed by atoms with Crippen LogP contribution >= 0.6 is 28.7 Å². The zero-order valence-electron chi connectivity index (χ0n) is 6.41. The Hall–Kier alpha value is 0.290. The molecule has 0 aromatic rings. The van der Waals surface area contributed by atoms with Crippen LogP contribution in [0, 0.1) is 0 Å². The van der Waals surface area contributed by atoms with Crippen molar-refractivity contribution in [3.63, 3.8) is 0 Å². The largest absolute Gasteiger partial charge is 0.396 e. The van der Waals surface area contributed by atoms with Crippen molar-refractivity contribution < 1.29 is 5.11 Å². The SMILES string of the molecule is Br.CC1=C(CCO)SCN1N. The van der Waals surface area contributed by atoms with E-state index in [-0.39, 0.29) is 23.6 Å². The van der Waals surface area contributed by atoms with Crippen LogP contribution in [0.3, 0.4) is 0 Å². The molecule has 0 saturated carbocycles. The molecule has 0 spiro atoms. The second-order valence-electron chi connectivity index (χ2n) is 2.23. The number of hydrazine groups is 1. The van der Waals surface area contributed by atoms with E-state index in [4.69, 9.17) is 10.9 Å². The van der Waals surface area contributed by atoms with Crippen molar-refractivity contribution in [3.8, 4) is 0 Å². The topological polar surface area (TPSA) is 49.5 Å². The van der Waals surface area contributed by atoms with Crippen molar-refractivity contribution in [2.24, 2.45) is 5.84 Å². The van der Waals surface area contributed by atoms with Gasteiger partial charge in [-0.3, -0.25) is 0 Å². The van der Waals surface area contributed by atoms with Gasteiger partial charge < -0.3 is 10.1 Å². The molecule has 0 unspecified atom stereocenters. The monoisotopic (exact) mass is 240 g/mol. The van der Waals surface area contributed by atoms with E-state index in [2.05, 4.69) is 0 Å². The molecule has 0 atom stereocenters. The number of aliphatic hydroxyl groups excluding tert-OH is 1. The minimum atomic E-state index is 0. The first kappa shape index (κ1) is 11.3. The molecule has 1 rings (SSSR count). The van der Waals surface area contributed by atoms with Crippen LogP contribution in [0.4, 0.5) is 0 Å². The lowest BCUT2D eigenvalue weighted by molar-refractivity contribution is 0.300. The Morgan fingerprint density at radius 2 is 2.36 bits per heavy atom. The maximum atomic E-state index is 8.62. The van der Waals surface area contributed by atoms with E-state index < -0.39 is 0 Å². The number of thioether (sulfide) groups is 1. The molecule has 66 valence electrons. The molecular formula is C6H13BrN2OS. The Morgan fingerprint density at radius 3 is 2.73 bits per heavy atom. The summed E-state index contributed by atoms with van der Waals surface area (Å²) >= 11 is 1.70. The van der Waals surface area contributed by atoms with Gasteiger partial charge in [0.05, 0.1) is 5.88 Å². The first-order chi connectivity index (χ1) is 4.75. The van der Waals surface area contributed by atoms with Gasteiger partial charge in [-0.05, 0) is 6.92 Å². The van der Waals surface area contributed by atoms with Gasteiger partial charge >= 0.3 is 0 Å². The quantitative estimate of drug-likeness (QED) is 0.710. The number of nitrogens with two attached hydrogens (primary N) is 1. The summed E-state index contributed by atoms with van der Waals surface area (Å²) in [7, 11) is 0. The van der Waals surface area contributed by atoms with Crippen LogP contribution in [0.2, 0.25) is 0 Å². The smallest absolute Gasteiger partial charge is 0.0836 e. The van der Waals surface area contributed by atoms with Gasteiger partial charge in [-0.25, -0.2) is 5.84 Å². The molecule has 5 heteroatoms. The van der Waals surface area contributed by atoms with E-state index in [1.165, 1.54) is 4.91 Å². The first-order valence-electron chi connectivity index (χ1n) is 3.21. The molecule has 0 aliphatic carbocycles. The highest BCUT2D eigenvalue weighted by Crippen LogP contribution is 2.31. The normalized spacial score (nSPS) is 17.2. The average molecular weight is 241 g/mol. The van der Waals surface area contributed by atoms with Crippen molar-refractivity contribution in [3.05, 3.63) is 10.6 Å². The summed E-state index contributed by atoms with van der Waals surface area (Å²) in [6.45, 7) is 2.19. The number of aliphatic hydroxyl groups is 1. The summed E-state index contributed by atoms with van der Waals surface area (Å²) in [5, 5.41) is 10.3. The van der Waals surface area contributed by atoms with Gasteiger partial charge in [-0.1, -0.05) is 0 Å². The van der Waals surface area contributed by atoms with Gasteiger partial charge in [-0.2, -0.15) is 0 Å². The molecule has 0 aromatic carbocycles. The number of hydrogen-bond donors (Lipinski definition) is 2.